The molecular formula is C22H19F3N2O4S. The monoisotopic (exact) mass is 464 g/mol. The molecular weight excluding hydrogens is 445 g/mol. The van der Waals surface area contributed by atoms with E-state index in [-0.39, 0.29) is 17.1 Å². The number of rotatable bonds is 7. The molecule has 0 aromatic heterocycles. The van der Waals surface area contributed by atoms with Crippen LogP contribution < -0.4 is 14.4 Å². The highest BCUT2D eigenvalue weighted by Gasteiger charge is 2.30. The molecule has 3 rings (SSSR count). The molecule has 0 aliphatic rings. The van der Waals surface area contributed by atoms with Gasteiger partial charge in [-0.15, -0.1) is 0 Å². The van der Waals surface area contributed by atoms with E-state index >= 15 is 0 Å². The summed E-state index contributed by atoms with van der Waals surface area (Å²) in [6.45, 7) is -0.602. The minimum Gasteiger partial charge on any atom is -0.455 e. The van der Waals surface area contributed by atoms with Gasteiger partial charge in [0.25, 0.3) is 0 Å². The fraction of sp³-hybridized carbons (Fsp3) is 0.136. The van der Waals surface area contributed by atoms with Gasteiger partial charge in [-0.25, -0.2) is 8.42 Å². The molecule has 0 radical (unpaired) electrons. The molecule has 0 saturated heterocycles. The molecule has 1 N–H and O–H groups in total. The van der Waals surface area contributed by atoms with Crippen molar-refractivity contribution in [1.29, 1.82) is 0 Å². The van der Waals surface area contributed by atoms with Gasteiger partial charge in [-0.05, 0) is 48.5 Å². The quantitative estimate of drug-likeness (QED) is 0.540. The normalized spacial score (nSPS) is 11.6. The molecule has 6 nitrogen and oxygen atoms in total. The van der Waals surface area contributed by atoms with Crippen molar-refractivity contribution < 1.29 is 31.1 Å². The summed E-state index contributed by atoms with van der Waals surface area (Å²) in [5, 5.41) is 2.41. The lowest BCUT2D eigenvalue weighted by atomic mass is 10.2. The maximum Gasteiger partial charge on any atom is 0.416 e. The second-order valence-electron chi connectivity index (χ2n) is 6.78. The number of hydrogen-bond acceptors (Lipinski definition) is 4. The van der Waals surface area contributed by atoms with Crippen LogP contribution in [-0.2, 0) is 21.0 Å². The Hall–Kier alpha value is -3.53. The van der Waals surface area contributed by atoms with E-state index in [9.17, 15) is 26.4 Å². The number of nitrogens with zero attached hydrogens (tertiary/aromatic N) is 1. The Bertz CT molecular complexity index is 1180. The van der Waals surface area contributed by atoms with Crippen LogP contribution in [0, 0.1) is 0 Å². The van der Waals surface area contributed by atoms with Crippen molar-refractivity contribution in [3.63, 3.8) is 0 Å². The first-order valence-corrected chi connectivity index (χ1v) is 11.2. The molecule has 0 bridgehead atoms. The Morgan fingerprint density at radius 2 is 1.53 bits per heavy atom. The molecule has 0 aliphatic carbocycles. The lowest BCUT2D eigenvalue weighted by Crippen LogP contribution is -2.37. The first kappa shape index (κ1) is 23.1. The third kappa shape index (κ3) is 6.01. The van der Waals surface area contributed by atoms with Crippen molar-refractivity contribution >= 4 is 27.3 Å². The standard InChI is InChI=1S/C22H19F3N2O4S/c1-32(29,30)27(15-21(28)26-17-13-11-16(12-14-17)22(23,24)25)19-9-5-6-10-20(19)31-18-7-3-2-4-8-18/h2-14H,15H2,1H3,(H,26,28). The number of amides is 1. The van der Waals surface area contributed by atoms with Crippen molar-refractivity contribution in [3.8, 4) is 11.5 Å². The van der Waals surface area contributed by atoms with Crippen LogP contribution in [-0.4, -0.2) is 27.1 Å². The number of ether oxygens (including phenoxy) is 1. The van der Waals surface area contributed by atoms with Crippen molar-refractivity contribution in [3.05, 3.63) is 84.4 Å². The highest BCUT2D eigenvalue weighted by molar-refractivity contribution is 7.92. The smallest absolute Gasteiger partial charge is 0.416 e. The average Bonchev–Trinajstić information content (AvgIpc) is 2.72. The Balaban J connectivity index is 1.82. The molecule has 10 heteroatoms. The first-order valence-electron chi connectivity index (χ1n) is 9.31. The minimum absolute atomic E-state index is 0.102. The maximum atomic E-state index is 12.7. The molecule has 32 heavy (non-hydrogen) atoms. The van der Waals surface area contributed by atoms with Gasteiger partial charge in [-0.1, -0.05) is 30.3 Å². The van der Waals surface area contributed by atoms with Crippen molar-refractivity contribution in [1.82, 2.24) is 0 Å². The van der Waals surface area contributed by atoms with Crippen LogP contribution in [0.25, 0.3) is 0 Å². The average molecular weight is 464 g/mol. The number of nitrogens with one attached hydrogen (secondary N) is 1. The van der Waals surface area contributed by atoms with Crippen LogP contribution in [0.4, 0.5) is 24.5 Å². The number of carbonyl (C=O) groups is 1. The van der Waals surface area contributed by atoms with Gasteiger partial charge in [0, 0.05) is 5.69 Å². The van der Waals surface area contributed by atoms with Crippen molar-refractivity contribution in [2.75, 3.05) is 22.4 Å². The van der Waals surface area contributed by atoms with Gasteiger partial charge in [-0.2, -0.15) is 13.2 Å². The van der Waals surface area contributed by atoms with Crippen LogP contribution in [0.3, 0.4) is 0 Å². The van der Waals surface area contributed by atoms with Crippen LogP contribution in [0.15, 0.2) is 78.9 Å². The Labute approximate surface area is 183 Å². The molecule has 1 amide bonds. The van der Waals surface area contributed by atoms with Gasteiger partial charge in [0.2, 0.25) is 15.9 Å². The minimum atomic E-state index is -4.50. The van der Waals surface area contributed by atoms with E-state index < -0.39 is 34.2 Å². The number of benzene rings is 3. The Morgan fingerprint density at radius 3 is 2.12 bits per heavy atom. The van der Waals surface area contributed by atoms with Crippen molar-refractivity contribution in [2.45, 2.75) is 6.18 Å². The van der Waals surface area contributed by atoms with Crippen molar-refractivity contribution in [2.24, 2.45) is 0 Å². The maximum absolute atomic E-state index is 12.7. The molecule has 0 atom stereocenters. The number of para-hydroxylation sites is 3. The highest BCUT2D eigenvalue weighted by Crippen LogP contribution is 2.33. The molecule has 0 spiro atoms. The fourth-order valence-electron chi connectivity index (χ4n) is 2.82. The lowest BCUT2D eigenvalue weighted by molar-refractivity contribution is -0.137. The molecule has 3 aromatic carbocycles. The first-order chi connectivity index (χ1) is 15.0. The second-order valence-corrected chi connectivity index (χ2v) is 8.68. The summed E-state index contributed by atoms with van der Waals surface area (Å²) in [4.78, 5) is 12.5. The summed E-state index contributed by atoms with van der Waals surface area (Å²) in [7, 11) is -3.90. The van der Waals surface area contributed by atoms with Crippen LogP contribution in [0.2, 0.25) is 0 Å². The van der Waals surface area contributed by atoms with E-state index in [0.29, 0.717) is 5.75 Å². The zero-order chi connectivity index (χ0) is 23.4. The molecule has 0 unspecified atom stereocenters. The number of anilines is 2. The third-order valence-electron chi connectivity index (χ3n) is 4.29. The lowest BCUT2D eigenvalue weighted by Gasteiger charge is -2.24. The van der Waals surface area contributed by atoms with E-state index in [2.05, 4.69) is 5.32 Å². The topological polar surface area (TPSA) is 75.7 Å². The SMILES string of the molecule is CS(=O)(=O)N(CC(=O)Nc1ccc(C(F)(F)F)cc1)c1ccccc1Oc1ccccc1. The van der Waals surface area contributed by atoms with Gasteiger partial charge in [-0.3, -0.25) is 9.10 Å². The second kappa shape index (κ2) is 9.31. The van der Waals surface area contributed by atoms with Crippen LogP contribution in [0.5, 0.6) is 11.5 Å². The summed E-state index contributed by atoms with van der Waals surface area (Å²) < 4.78 is 69.6. The van der Waals surface area contributed by atoms with Crippen LogP contribution >= 0.6 is 0 Å². The number of hydrogen-bond donors (Lipinski definition) is 1. The Kier molecular flexibility index (Phi) is 6.73. The summed E-state index contributed by atoms with van der Waals surface area (Å²) in [5.41, 5.74) is -0.619. The third-order valence-corrected chi connectivity index (χ3v) is 5.41. The molecule has 0 heterocycles. The number of halogens is 3. The molecule has 0 aliphatic heterocycles. The number of carbonyl (C=O) groups excluding carboxylic acids is 1. The predicted molar refractivity (Wildman–Crippen MR) is 115 cm³/mol. The molecule has 3 aromatic rings. The van der Waals surface area contributed by atoms with E-state index in [1.807, 2.05) is 0 Å². The predicted octanol–water partition coefficient (Wildman–Crippen LogP) is 4.90. The van der Waals surface area contributed by atoms with E-state index in [0.717, 1.165) is 34.8 Å². The zero-order valence-corrected chi connectivity index (χ0v) is 17.7. The number of alkyl halides is 3. The van der Waals surface area contributed by atoms with E-state index in [1.165, 1.54) is 6.07 Å². The summed E-state index contributed by atoms with van der Waals surface area (Å²) in [6, 6.07) is 18.8. The molecule has 0 fully saturated rings. The Morgan fingerprint density at radius 1 is 0.938 bits per heavy atom. The zero-order valence-electron chi connectivity index (χ0n) is 16.8. The fourth-order valence-corrected chi connectivity index (χ4v) is 3.68. The van der Waals surface area contributed by atoms with Gasteiger partial charge in [0.05, 0.1) is 17.5 Å². The van der Waals surface area contributed by atoms with E-state index in [4.69, 9.17) is 4.74 Å². The summed E-state index contributed by atoms with van der Waals surface area (Å²) >= 11 is 0. The van der Waals surface area contributed by atoms with Gasteiger partial charge in [0.15, 0.2) is 5.75 Å². The summed E-state index contributed by atoms with van der Waals surface area (Å²) in [5.74, 6) is -0.0428. The highest BCUT2D eigenvalue weighted by atomic mass is 32.2. The molecule has 168 valence electrons. The number of sulfonamides is 1. The van der Waals surface area contributed by atoms with Crippen LogP contribution in [0.1, 0.15) is 5.56 Å². The van der Waals surface area contributed by atoms with Gasteiger partial charge in [0.1, 0.15) is 12.3 Å². The van der Waals surface area contributed by atoms with E-state index in [1.54, 1.807) is 48.5 Å². The van der Waals surface area contributed by atoms with Gasteiger partial charge >= 0.3 is 6.18 Å². The summed E-state index contributed by atoms with van der Waals surface area (Å²) in [6.07, 6.45) is -3.56. The van der Waals surface area contributed by atoms with Gasteiger partial charge < -0.3 is 10.1 Å². The largest absolute Gasteiger partial charge is 0.455 e. The molecule has 0 saturated carbocycles.